The number of rotatable bonds is 11. The lowest BCUT2D eigenvalue weighted by Crippen LogP contribution is -2.54. The molecular weight excluding hydrogens is 455 g/mol. The minimum Gasteiger partial charge on any atom is -0.494 e. The molecule has 0 aliphatic heterocycles. The number of halogens is 1. The Morgan fingerprint density at radius 1 is 0.917 bits per heavy atom. The Hall–Kier alpha value is -3.67. The molecule has 0 unspecified atom stereocenters. The molecule has 3 aromatic carbocycles. The van der Waals surface area contributed by atoms with Gasteiger partial charge < -0.3 is 15.0 Å². The maximum Gasteiger partial charge on any atom is 0.243 e. The van der Waals surface area contributed by atoms with Crippen LogP contribution in [0.2, 0.25) is 0 Å². The summed E-state index contributed by atoms with van der Waals surface area (Å²) in [5, 5.41) is 3.01. The number of hydrogen-bond acceptors (Lipinski definition) is 3. The number of para-hydroxylation sites is 1. The van der Waals surface area contributed by atoms with E-state index in [0.717, 1.165) is 11.3 Å². The van der Waals surface area contributed by atoms with Crippen molar-refractivity contribution in [2.24, 2.45) is 0 Å². The van der Waals surface area contributed by atoms with Gasteiger partial charge in [0.05, 0.1) is 6.61 Å². The highest BCUT2D eigenvalue weighted by atomic mass is 19.1. The third kappa shape index (κ3) is 8.52. The first kappa shape index (κ1) is 26.9. The third-order valence-corrected chi connectivity index (χ3v) is 5.61. The quantitative estimate of drug-likeness (QED) is 0.359. The number of ether oxygens (including phenoxy) is 1. The molecule has 190 valence electrons. The Balaban J connectivity index is 1.83. The Kier molecular flexibility index (Phi) is 9.62. The van der Waals surface area contributed by atoms with Crippen LogP contribution >= 0.6 is 0 Å². The predicted molar refractivity (Wildman–Crippen MR) is 140 cm³/mol. The van der Waals surface area contributed by atoms with E-state index in [1.165, 1.54) is 11.0 Å². The molecule has 0 heterocycles. The summed E-state index contributed by atoms with van der Waals surface area (Å²) in [4.78, 5) is 28.5. The lowest BCUT2D eigenvalue weighted by Gasteiger charge is -2.34. The normalized spacial score (nSPS) is 12.0. The van der Waals surface area contributed by atoms with Gasteiger partial charge in [-0.3, -0.25) is 9.59 Å². The fraction of sp³-hybridized carbons (Fsp3) is 0.333. The van der Waals surface area contributed by atoms with Gasteiger partial charge in [0.15, 0.2) is 0 Å². The highest BCUT2D eigenvalue weighted by molar-refractivity contribution is 5.88. The third-order valence-electron chi connectivity index (χ3n) is 5.61. The molecule has 1 atom stereocenters. The second kappa shape index (κ2) is 12.9. The predicted octanol–water partition coefficient (Wildman–Crippen LogP) is 5.54. The molecule has 1 N–H and O–H groups in total. The van der Waals surface area contributed by atoms with E-state index in [2.05, 4.69) is 5.32 Å². The van der Waals surface area contributed by atoms with E-state index in [-0.39, 0.29) is 24.8 Å². The zero-order chi connectivity index (χ0) is 26.0. The van der Waals surface area contributed by atoms with Gasteiger partial charge in [0.1, 0.15) is 17.6 Å². The summed E-state index contributed by atoms with van der Waals surface area (Å²) in [6, 6.07) is 24.5. The van der Waals surface area contributed by atoms with Crippen LogP contribution in [0.5, 0.6) is 5.75 Å². The number of amides is 2. The number of nitrogens with zero attached hydrogens (tertiary/aromatic N) is 1. The van der Waals surface area contributed by atoms with Crippen LogP contribution in [0, 0.1) is 5.82 Å². The maximum atomic E-state index is 14.6. The van der Waals surface area contributed by atoms with Crippen molar-refractivity contribution < 1.29 is 18.7 Å². The van der Waals surface area contributed by atoms with Crippen LogP contribution in [-0.4, -0.2) is 34.9 Å². The lowest BCUT2D eigenvalue weighted by atomic mass is 10.00. The highest BCUT2D eigenvalue weighted by Gasteiger charge is 2.32. The van der Waals surface area contributed by atoms with Gasteiger partial charge in [0.2, 0.25) is 11.8 Å². The Labute approximate surface area is 213 Å². The van der Waals surface area contributed by atoms with Gasteiger partial charge in [-0.15, -0.1) is 0 Å². The molecule has 0 aliphatic rings. The first-order chi connectivity index (χ1) is 17.2. The smallest absolute Gasteiger partial charge is 0.243 e. The number of carbonyl (C=O) groups excluding carboxylic acids is 2. The van der Waals surface area contributed by atoms with Crippen LogP contribution in [0.4, 0.5) is 4.39 Å². The minimum atomic E-state index is -0.797. The molecule has 3 rings (SSSR count). The van der Waals surface area contributed by atoms with Crippen molar-refractivity contribution in [3.63, 3.8) is 0 Å². The highest BCUT2D eigenvalue weighted by Crippen LogP contribution is 2.19. The zero-order valence-corrected chi connectivity index (χ0v) is 21.2. The van der Waals surface area contributed by atoms with E-state index >= 15 is 0 Å². The second-order valence-electron chi connectivity index (χ2n) is 9.82. The molecule has 0 fully saturated rings. The minimum absolute atomic E-state index is 0.000111. The molecule has 6 heteroatoms. The van der Waals surface area contributed by atoms with Gasteiger partial charge in [-0.25, -0.2) is 4.39 Å². The standard InChI is InChI=1S/C30H35FN2O3/c1-30(2,3)32-29(35)27(21-23-13-6-4-7-14-23)33(22-24-15-10-11-18-26(24)31)28(34)19-12-20-36-25-16-8-5-9-17-25/h4-11,13-18,27H,12,19-22H2,1-3H3,(H,32,35)/t27-/m0/s1. The molecule has 0 aromatic heterocycles. The Morgan fingerprint density at radius 2 is 1.53 bits per heavy atom. The van der Waals surface area contributed by atoms with Crippen molar-refractivity contribution in [1.29, 1.82) is 0 Å². The van der Waals surface area contributed by atoms with Crippen molar-refractivity contribution in [3.8, 4) is 5.75 Å². The fourth-order valence-electron chi connectivity index (χ4n) is 3.89. The monoisotopic (exact) mass is 490 g/mol. The molecule has 0 saturated heterocycles. The Bertz CT molecular complexity index is 1110. The first-order valence-corrected chi connectivity index (χ1v) is 12.3. The van der Waals surface area contributed by atoms with Crippen LogP contribution < -0.4 is 10.1 Å². The molecule has 0 bridgehead atoms. The number of nitrogens with one attached hydrogen (secondary N) is 1. The molecular formula is C30H35FN2O3. The summed E-state index contributed by atoms with van der Waals surface area (Å²) in [6.45, 7) is 6.05. The molecule has 5 nitrogen and oxygen atoms in total. The van der Waals surface area contributed by atoms with Crippen LogP contribution in [0.3, 0.4) is 0 Å². The van der Waals surface area contributed by atoms with E-state index < -0.39 is 17.4 Å². The van der Waals surface area contributed by atoms with Crippen molar-refractivity contribution >= 4 is 11.8 Å². The molecule has 36 heavy (non-hydrogen) atoms. The molecule has 2 amide bonds. The van der Waals surface area contributed by atoms with Gasteiger partial charge in [-0.1, -0.05) is 66.7 Å². The van der Waals surface area contributed by atoms with Crippen LogP contribution in [0.25, 0.3) is 0 Å². The van der Waals surface area contributed by atoms with Crippen molar-refractivity contribution in [2.45, 2.75) is 58.2 Å². The van der Waals surface area contributed by atoms with E-state index in [9.17, 15) is 14.0 Å². The topological polar surface area (TPSA) is 58.6 Å². The molecule has 0 radical (unpaired) electrons. The molecule has 0 spiro atoms. The Morgan fingerprint density at radius 3 is 2.17 bits per heavy atom. The van der Waals surface area contributed by atoms with Gasteiger partial charge in [-0.05, 0) is 51.0 Å². The molecule has 0 saturated carbocycles. The van der Waals surface area contributed by atoms with E-state index in [0.29, 0.717) is 25.0 Å². The maximum absolute atomic E-state index is 14.6. The SMILES string of the molecule is CC(C)(C)NC(=O)[C@H](Cc1ccccc1)N(Cc1ccccc1F)C(=O)CCCOc1ccccc1. The fourth-order valence-corrected chi connectivity index (χ4v) is 3.89. The molecule has 0 aliphatic carbocycles. The summed E-state index contributed by atoms with van der Waals surface area (Å²) in [7, 11) is 0. The largest absolute Gasteiger partial charge is 0.494 e. The summed E-state index contributed by atoms with van der Waals surface area (Å²) in [6.07, 6.45) is 0.972. The van der Waals surface area contributed by atoms with Crippen molar-refractivity contribution in [3.05, 3.63) is 102 Å². The first-order valence-electron chi connectivity index (χ1n) is 12.3. The average Bonchev–Trinajstić information content (AvgIpc) is 2.85. The summed E-state index contributed by atoms with van der Waals surface area (Å²) in [5.74, 6) is -0.159. The van der Waals surface area contributed by atoms with Crippen molar-refractivity contribution in [1.82, 2.24) is 10.2 Å². The van der Waals surface area contributed by atoms with Crippen LogP contribution in [-0.2, 0) is 22.6 Å². The number of carbonyl (C=O) groups is 2. The summed E-state index contributed by atoms with van der Waals surface area (Å²) in [5.41, 5.74) is 0.806. The zero-order valence-electron chi connectivity index (χ0n) is 21.2. The van der Waals surface area contributed by atoms with Gasteiger partial charge in [0.25, 0.3) is 0 Å². The van der Waals surface area contributed by atoms with Gasteiger partial charge in [0, 0.05) is 30.5 Å². The van der Waals surface area contributed by atoms with Gasteiger partial charge >= 0.3 is 0 Å². The lowest BCUT2D eigenvalue weighted by molar-refractivity contribution is -0.142. The number of benzene rings is 3. The second-order valence-corrected chi connectivity index (χ2v) is 9.82. The summed E-state index contributed by atoms with van der Waals surface area (Å²) < 4.78 is 20.3. The van der Waals surface area contributed by atoms with E-state index in [1.54, 1.807) is 18.2 Å². The molecule has 3 aromatic rings. The van der Waals surface area contributed by atoms with Crippen LogP contribution in [0.1, 0.15) is 44.7 Å². The average molecular weight is 491 g/mol. The van der Waals surface area contributed by atoms with Crippen molar-refractivity contribution in [2.75, 3.05) is 6.61 Å². The van der Waals surface area contributed by atoms with Gasteiger partial charge in [-0.2, -0.15) is 0 Å². The summed E-state index contributed by atoms with van der Waals surface area (Å²) >= 11 is 0. The van der Waals surface area contributed by atoms with Crippen LogP contribution in [0.15, 0.2) is 84.9 Å². The number of hydrogen-bond donors (Lipinski definition) is 1. The van der Waals surface area contributed by atoms with E-state index in [4.69, 9.17) is 4.74 Å². The van der Waals surface area contributed by atoms with E-state index in [1.807, 2.05) is 81.4 Å².